The van der Waals surface area contributed by atoms with Crippen LogP contribution in [-0.2, 0) is 4.79 Å². The van der Waals surface area contributed by atoms with E-state index in [0.29, 0.717) is 59.4 Å². The minimum atomic E-state index is -0.104. The Balaban J connectivity index is 1.61. The lowest BCUT2D eigenvalue weighted by Gasteiger charge is -2.29. The molecular formula is C27H29N7O3. The maximum atomic E-state index is 13.0. The molecule has 0 atom stereocenters. The molecule has 3 heterocycles. The fourth-order valence-corrected chi connectivity index (χ4v) is 4.35. The molecule has 190 valence electrons. The third-order valence-corrected chi connectivity index (χ3v) is 6.22. The summed E-state index contributed by atoms with van der Waals surface area (Å²) in [7, 11) is 5.55. The van der Waals surface area contributed by atoms with Gasteiger partial charge in [0.25, 0.3) is 5.91 Å². The second kappa shape index (κ2) is 9.90. The Morgan fingerprint density at radius 1 is 1.22 bits per heavy atom. The van der Waals surface area contributed by atoms with E-state index in [1.807, 2.05) is 68.4 Å². The first-order valence-corrected chi connectivity index (χ1v) is 11.9. The van der Waals surface area contributed by atoms with Crippen molar-refractivity contribution in [3.8, 4) is 28.4 Å². The summed E-state index contributed by atoms with van der Waals surface area (Å²) in [4.78, 5) is 25.4. The first-order valence-electron chi connectivity index (χ1n) is 11.9. The van der Waals surface area contributed by atoms with E-state index in [4.69, 9.17) is 20.3 Å². The molecule has 0 radical (unpaired) electrons. The predicted octanol–water partition coefficient (Wildman–Crippen LogP) is 3.22. The van der Waals surface area contributed by atoms with Crippen molar-refractivity contribution in [2.24, 2.45) is 0 Å². The van der Waals surface area contributed by atoms with Crippen molar-refractivity contribution in [2.45, 2.75) is 6.92 Å². The van der Waals surface area contributed by atoms with Crippen LogP contribution in [0.25, 0.3) is 28.0 Å². The van der Waals surface area contributed by atoms with E-state index in [2.05, 4.69) is 9.97 Å². The number of hydrogen-bond donors (Lipinski definition) is 1. The van der Waals surface area contributed by atoms with Crippen molar-refractivity contribution in [1.29, 1.82) is 0 Å². The van der Waals surface area contributed by atoms with Gasteiger partial charge in [0, 0.05) is 18.2 Å². The van der Waals surface area contributed by atoms with Gasteiger partial charge < -0.3 is 25.0 Å². The van der Waals surface area contributed by atoms with Gasteiger partial charge in [-0.2, -0.15) is 5.10 Å². The molecule has 1 aliphatic rings. The Bertz CT molecular complexity index is 1510. The molecule has 0 saturated heterocycles. The molecule has 0 unspecified atom stereocenters. The van der Waals surface area contributed by atoms with Crippen LogP contribution in [0.2, 0.25) is 0 Å². The van der Waals surface area contributed by atoms with E-state index in [0.717, 1.165) is 16.9 Å². The maximum Gasteiger partial charge on any atom is 0.250 e. The molecule has 2 aromatic heterocycles. The monoisotopic (exact) mass is 499 g/mol. The highest BCUT2D eigenvalue weighted by molar-refractivity contribution is 6.03. The van der Waals surface area contributed by atoms with E-state index in [1.165, 1.54) is 6.33 Å². The summed E-state index contributed by atoms with van der Waals surface area (Å²) < 4.78 is 13.1. The number of anilines is 2. The molecule has 2 N–H and O–H groups in total. The van der Waals surface area contributed by atoms with Gasteiger partial charge in [-0.15, -0.1) is 0 Å². The second-order valence-electron chi connectivity index (χ2n) is 9.06. The quantitative estimate of drug-likeness (QED) is 0.403. The topological polar surface area (TPSA) is 112 Å². The van der Waals surface area contributed by atoms with Crippen molar-refractivity contribution in [3.05, 3.63) is 60.4 Å². The number of carbonyl (C=O) groups is 1. The van der Waals surface area contributed by atoms with E-state index < -0.39 is 0 Å². The summed E-state index contributed by atoms with van der Waals surface area (Å²) in [6.45, 7) is 3.53. The van der Waals surface area contributed by atoms with Crippen LogP contribution in [-0.4, -0.2) is 71.5 Å². The first-order chi connectivity index (χ1) is 17.9. The molecule has 37 heavy (non-hydrogen) atoms. The Morgan fingerprint density at radius 3 is 2.84 bits per heavy atom. The lowest BCUT2D eigenvalue weighted by molar-refractivity contribution is -0.114. The zero-order valence-corrected chi connectivity index (χ0v) is 21.3. The number of benzene rings is 2. The average molecular weight is 500 g/mol. The van der Waals surface area contributed by atoms with Gasteiger partial charge >= 0.3 is 0 Å². The van der Waals surface area contributed by atoms with Gasteiger partial charge in [0.15, 0.2) is 5.65 Å². The number of fused-ring (bicyclic) bond motifs is 2. The highest BCUT2D eigenvalue weighted by atomic mass is 16.5. The van der Waals surface area contributed by atoms with Crippen LogP contribution in [0.15, 0.2) is 54.9 Å². The second-order valence-corrected chi connectivity index (χ2v) is 9.06. The fourth-order valence-electron chi connectivity index (χ4n) is 4.35. The number of aryl methyl sites for hydroxylation is 1. The van der Waals surface area contributed by atoms with Crippen LogP contribution in [0, 0.1) is 6.92 Å². The van der Waals surface area contributed by atoms with Gasteiger partial charge in [-0.05, 0) is 50.8 Å². The highest BCUT2D eigenvalue weighted by Crippen LogP contribution is 2.37. The molecule has 0 spiro atoms. The number of aromatic nitrogens is 4. The largest absolute Gasteiger partial charge is 0.496 e. The van der Waals surface area contributed by atoms with Crippen molar-refractivity contribution in [3.63, 3.8) is 0 Å². The summed E-state index contributed by atoms with van der Waals surface area (Å²) in [6, 6.07) is 11.5. The van der Waals surface area contributed by atoms with Crippen LogP contribution >= 0.6 is 0 Å². The normalized spacial score (nSPS) is 13.3. The first kappa shape index (κ1) is 24.3. The molecule has 2 aromatic carbocycles. The Morgan fingerprint density at radius 2 is 2.05 bits per heavy atom. The fraction of sp³-hybridized carbons (Fsp3) is 0.259. The minimum Gasteiger partial charge on any atom is -0.496 e. The van der Waals surface area contributed by atoms with Gasteiger partial charge in [0.1, 0.15) is 35.9 Å². The van der Waals surface area contributed by atoms with Crippen LogP contribution in [0.5, 0.6) is 11.5 Å². The van der Waals surface area contributed by atoms with Gasteiger partial charge in [0.2, 0.25) is 0 Å². The van der Waals surface area contributed by atoms with Crippen molar-refractivity contribution >= 4 is 28.4 Å². The van der Waals surface area contributed by atoms with Gasteiger partial charge in [-0.1, -0.05) is 18.2 Å². The van der Waals surface area contributed by atoms with E-state index in [9.17, 15) is 4.79 Å². The summed E-state index contributed by atoms with van der Waals surface area (Å²) in [5, 5.41) is 5.54. The summed E-state index contributed by atoms with van der Waals surface area (Å²) in [5.74, 6) is 1.61. The lowest BCUT2D eigenvalue weighted by Crippen LogP contribution is -2.37. The molecule has 0 bridgehead atoms. The van der Waals surface area contributed by atoms with E-state index in [1.54, 1.807) is 22.8 Å². The van der Waals surface area contributed by atoms with Gasteiger partial charge in [-0.25, -0.2) is 14.6 Å². The summed E-state index contributed by atoms with van der Waals surface area (Å²) >= 11 is 0. The number of nitrogens with two attached hydrogens (primary N) is 1. The third-order valence-electron chi connectivity index (χ3n) is 6.22. The summed E-state index contributed by atoms with van der Waals surface area (Å²) in [5.41, 5.74) is 10.7. The SMILES string of the molecule is COc1cc(-c2nn(-c3ccc4c(c3)N(C(=O)C=CCN(C)C)CCO4)c3ncnc(N)c23)ccc1C. The Labute approximate surface area is 214 Å². The molecule has 4 aromatic rings. The summed E-state index contributed by atoms with van der Waals surface area (Å²) in [6.07, 6.45) is 4.87. The molecule has 0 aliphatic carbocycles. The molecule has 10 heteroatoms. The number of rotatable bonds is 6. The number of nitrogen functional groups attached to an aromatic ring is 1. The molecule has 1 aliphatic heterocycles. The van der Waals surface area contributed by atoms with E-state index in [-0.39, 0.29) is 5.91 Å². The third kappa shape index (κ3) is 4.58. The number of likely N-dealkylation sites (N-methyl/N-ethyl adjacent to an activating group) is 1. The van der Waals surface area contributed by atoms with Gasteiger partial charge in [-0.3, -0.25) is 4.79 Å². The lowest BCUT2D eigenvalue weighted by atomic mass is 10.1. The molecule has 5 rings (SSSR count). The zero-order chi connectivity index (χ0) is 26.1. The number of amides is 1. The molecule has 0 saturated carbocycles. The zero-order valence-electron chi connectivity index (χ0n) is 21.3. The maximum absolute atomic E-state index is 13.0. The van der Waals surface area contributed by atoms with Crippen molar-refractivity contribution in [1.82, 2.24) is 24.6 Å². The highest BCUT2D eigenvalue weighted by Gasteiger charge is 2.25. The smallest absolute Gasteiger partial charge is 0.250 e. The molecule has 0 fully saturated rings. The average Bonchev–Trinajstić information content (AvgIpc) is 3.29. The van der Waals surface area contributed by atoms with Crippen LogP contribution in [0.1, 0.15) is 5.56 Å². The van der Waals surface area contributed by atoms with Crippen LogP contribution < -0.4 is 20.1 Å². The molecular weight excluding hydrogens is 470 g/mol. The van der Waals surface area contributed by atoms with Gasteiger partial charge in [0.05, 0.1) is 30.4 Å². The van der Waals surface area contributed by atoms with Crippen LogP contribution in [0.3, 0.4) is 0 Å². The number of ether oxygens (including phenoxy) is 2. The molecule has 10 nitrogen and oxygen atoms in total. The number of nitrogens with zero attached hydrogens (tertiary/aromatic N) is 6. The van der Waals surface area contributed by atoms with Crippen molar-refractivity contribution < 1.29 is 14.3 Å². The van der Waals surface area contributed by atoms with Crippen molar-refractivity contribution in [2.75, 3.05) is 51.5 Å². The van der Waals surface area contributed by atoms with Crippen LogP contribution in [0.4, 0.5) is 11.5 Å². The standard InChI is InChI=1S/C27H29N7O3/c1-17-7-8-18(14-22(17)36-4)25-24-26(28)29-16-30-27(24)34(31-25)19-9-10-21-20(15-19)33(12-13-37-21)23(35)6-5-11-32(2)3/h5-10,14-16H,11-13H2,1-4H3,(H2,28,29,30). The number of hydrogen-bond acceptors (Lipinski definition) is 8. The van der Waals surface area contributed by atoms with E-state index >= 15 is 0 Å². The number of carbonyl (C=O) groups excluding carboxylic acids is 1. The predicted molar refractivity (Wildman–Crippen MR) is 143 cm³/mol. The molecule has 1 amide bonds. The number of methoxy groups -OCH3 is 1. The minimum absolute atomic E-state index is 0.104. The Hall–Kier alpha value is -4.44. The Kier molecular flexibility index (Phi) is 6.49.